The van der Waals surface area contributed by atoms with Gasteiger partial charge in [0.05, 0.1) is 11.5 Å². The minimum Gasteiger partial charge on any atom is -0.294 e. The van der Waals surface area contributed by atoms with E-state index in [1.165, 1.54) is 0 Å². The minimum atomic E-state index is -0.520. The monoisotopic (exact) mass is 397 g/mol. The molecule has 0 N–H and O–H groups in total. The van der Waals surface area contributed by atoms with Crippen LogP contribution in [0.5, 0.6) is 0 Å². The number of ketones is 1. The number of carbonyl (C=O) groups excluding carboxylic acids is 1. The van der Waals surface area contributed by atoms with Gasteiger partial charge in [0.1, 0.15) is 0 Å². The molecule has 0 saturated heterocycles. The zero-order chi connectivity index (χ0) is 18.5. The molecule has 1 aromatic carbocycles. The Kier molecular flexibility index (Phi) is 6.19. The van der Waals surface area contributed by atoms with Gasteiger partial charge in [-0.05, 0) is 52.3 Å². The second-order valence-electron chi connectivity index (χ2n) is 7.42. The van der Waals surface area contributed by atoms with Crippen LogP contribution in [0.15, 0.2) is 58.0 Å². The van der Waals surface area contributed by atoms with Gasteiger partial charge in [-0.25, -0.2) is 0 Å². The molecule has 130 valence electrons. The van der Waals surface area contributed by atoms with Crippen LogP contribution in [0.25, 0.3) is 0 Å². The van der Waals surface area contributed by atoms with Crippen molar-refractivity contribution in [2.75, 3.05) is 0 Å². The lowest BCUT2D eigenvalue weighted by atomic mass is 9.79. The molecule has 0 amide bonds. The molecular formula is C22H24BrNO. The standard InChI is InChI=1S/C22H24BrNO/c1-21(2,3)14-9-5-6-12-18(22(4)15-10-16-24-22)20(25)17-11-7-8-13-19(17)23/h5-8,10-11,13,15-16,18H,12H2,1-4H3. The summed E-state index contributed by atoms with van der Waals surface area (Å²) >= 11 is 3.49. The molecule has 0 saturated carbocycles. The third-order valence-electron chi connectivity index (χ3n) is 4.05. The highest BCUT2D eigenvalue weighted by Crippen LogP contribution is 2.33. The lowest BCUT2D eigenvalue weighted by Crippen LogP contribution is -2.35. The highest BCUT2D eigenvalue weighted by molar-refractivity contribution is 9.10. The molecule has 1 aliphatic rings. The van der Waals surface area contributed by atoms with Crippen molar-refractivity contribution in [2.45, 2.75) is 39.7 Å². The smallest absolute Gasteiger partial charge is 0.170 e. The molecule has 0 radical (unpaired) electrons. The maximum Gasteiger partial charge on any atom is 0.170 e. The summed E-state index contributed by atoms with van der Waals surface area (Å²) < 4.78 is 0.816. The van der Waals surface area contributed by atoms with Gasteiger partial charge in [0.2, 0.25) is 0 Å². The van der Waals surface area contributed by atoms with Crippen LogP contribution in [0.4, 0.5) is 0 Å². The third kappa shape index (κ3) is 5.28. The second kappa shape index (κ2) is 7.97. The number of hydrogen-bond donors (Lipinski definition) is 0. The van der Waals surface area contributed by atoms with Gasteiger partial charge in [0, 0.05) is 21.7 Å². The fourth-order valence-electron chi connectivity index (χ4n) is 2.67. The van der Waals surface area contributed by atoms with E-state index in [0.29, 0.717) is 12.0 Å². The predicted molar refractivity (Wildman–Crippen MR) is 109 cm³/mol. The first-order chi connectivity index (χ1) is 11.7. The van der Waals surface area contributed by atoms with Gasteiger partial charge < -0.3 is 0 Å². The summed E-state index contributed by atoms with van der Waals surface area (Å²) in [5.41, 5.74) is 0.144. The van der Waals surface area contributed by atoms with Gasteiger partial charge in [-0.2, -0.15) is 0 Å². The minimum absolute atomic E-state index is 0.0288. The number of benzene rings is 1. The fourth-order valence-corrected chi connectivity index (χ4v) is 3.15. The number of aliphatic imine (C=N–C) groups is 1. The topological polar surface area (TPSA) is 29.4 Å². The van der Waals surface area contributed by atoms with Gasteiger partial charge in [0.25, 0.3) is 0 Å². The van der Waals surface area contributed by atoms with Crippen molar-refractivity contribution in [2.24, 2.45) is 16.3 Å². The Morgan fingerprint density at radius 3 is 2.68 bits per heavy atom. The van der Waals surface area contributed by atoms with Crippen LogP contribution in [0.1, 0.15) is 44.5 Å². The van der Waals surface area contributed by atoms with Crippen LogP contribution >= 0.6 is 15.9 Å². The van der Waals surface area contributed by atoms with Crippen LogP contribution in [-0.4, -0.2) is 17.5 Å². The zero-order valence-electron chi connectivity index (χ0n) is 15.2. The quantitative estimate of drug-likeness (QED) is 0.466. The lowest BCUT2D eigenvalue weighted by Gasteiger charge is -2.28. The summed E-state index contributed by atoms with van der Waals surface area (Å²) in [5, 5.41) is 0. The van der Waals surface area contributed by atoms with Crippen LogP contribution in [0.3, 0.4) is 0 Å². The molecule has 1 heterocycles. The molecule has 0 spiro atoms. The van der Waals surface area contributed by atoms with Crippen molar-refractivity contribution in [1.82, 2.24) is 0 Å². The molecule has 25 heavy (non-hydrogen) atoms. The van der Waals surface area contributed by atoms with Gasteiger partial charge in [0.15, 0.2) is 5.78 Å². The summed E-state index contributed by atoms with van der Waals surface area (Å²) in [6, 6.07) is 7.54. The molecule has 0 aliphatic carbocycles. The molecular weight excluding hydrogens is 374 g/mol. The Labute approximate surface area is 159 Å². The molecule has 2 unspecified atom stereocenters. The Hall–Kier alpha value is -1.92. The SMILES string of the molecule is CC(C)(C)C#CC=CCC(C(=O)c1ccccc1Br)C1(C)C=CC=N1. The van der Waals surface area contributed by atoms with Crippen molar-refractivity contribution >= 4 is 27.9 Å². The van der Waals surface area contributed by atoms with E-state index in [1.54, 1.807) is 6.21 Å². The normalized spacial score (nSPS) is 20.5. The second-order valence-corrected chi connectivity index (χ2v) is 8.27. The van der Waals surface area contributed by atoms with E-state index in [9.17, 15) is 4.79 Å². The molecule has 3 heteroatoms. The molecule has 2 rings (SSSR count). The highest BCUT2D eigenvalue weighted by atomic mass is 79.9. The van der Waals surface area contributed by atoms with Crippen molar-refractivity contribution in [3.8, 4) is 11.8 Å². The third-order valence-corrected chi connectivity index (χ3v) is 4.75. The van der Waals surface area contributed by atoms with E-state index >= 15 is 0 Å². The number of Topliss-reactive ketones (excluding diaryl/α,β-unsaturated/α-hetero) is 1. The number of allylic oxidation sites excluding steroid dienone is 3. The maximum atomic E-state index is 13.2. The molecule has 0 fully saturated rings. The summed E-state index contributed by atoms with van der Waals surface area (Å²) in [7, 11) is 0. The molecule has 0 bridgehead atoms. The van der Waals surface area contributed by atoms with Gasteiger partial charge in [-0.1, -0.05) is 58.1 Å². The van der Waals surface area contributed by atoms with E-state index in [4.69, 9.17) is 0 Å². The zero-order valence-corrected chi connectivity index (χ0v) is 16.8. The van der Waals surface area contributed by atoms with Crippen molar-refractivity contribution < 1.29 is 4.79 Å². The van der Waals surface area contributed by atoms with Crippen LogP contribution < -0.4 is 0 Å². The largest absolute Gasteiger partial charge is 0.294 e. The summed E-state index contributed by atoms with van der Waals surface area (Å²) in [5.74, 6) is 6.06. The Bertz CT molecular complexity index is 772. The summed E-state index contributed by atoms with van der Waals surface area (Å²) in [6.07, 6.45) is 10.1. The van der Waals surface area contributed by atoms with E-state index in [2.05, 4.69) is 53.5 Å². The van der Waals surface area contributed by atoms with E-state index in [-0.39, 0.29) is 17.1 Å². The number of carbonyl (C=O) groups is 1. The maximum absolute atomic E-state index is 13.2. The molecule has 2 nitrogen and oxygen atoms in total. The first-order valence-electron chi connectivity index (χ1n) is 8.42. The lowest BCUT2D eigenvalue weighted by molar-refractivity contribution is 0.0883. The Balaban J connectivity index is 2.26. The molecule has 0 aromatic heterocycles. The number of rotatable bonds is 5. The fraction of sp³-hybridized carbons (Fsp3) is 0.364. The Morgan fingerprint density at radius 1 is 1.36 bits per heavy atom. The van der Waals surface area contributed by atoms with Gasteiger partial charge in [-0.3, -0.25) is 9.79 Å². The number of nitrogens with zero attached hydrogens (tertiary/aromatic N) is 1. The first kappa shape index (κ1) is 19.4. The number of hydrogen-bond acceptors (Lipinski definition) is 2. The molecule has 2 atom stereocenters. The molecule has 1 aromatic rings. The summed E-state index contributed by atoms with van der Waals surface area (Å²) in [6.45, 7) is 8.23. The van der Waals surface area contributed by atoms with Crippen molar-refractivity contribution in [1.29, 1.82) is 0 Å². The van der Waals surface area contributed by atoms with Crippen molar-refractivity contribution in [3.63, 3.8) is 0 Å². The van der Waals surface area contributed by atoms with Gasteiger partial charge in [-0.15, -0.1) is 0 Å². The van der Waals surface area contributed by atoms with Crippen LogP contribution in [0, 0.1) is 23.2 Å². The van der Waals surface area contributed by atoms with E-state index in [0.717, 1.165) is 4.47 Å². The Morgan fingerprint density at radius 2 is 2.08 bits per heavy atom. The number of halogens is 1. The average Bonchev–Trinajstić information content (AvgIpc) is 2.97. The van der Waals surface area contributed by atoms with Gasteiger partial charge >= 0.3 is 0 Å². The van der Waals surface area contributed by atoms with Crippen LogP contribution in [0.2, 0.25) is 0 Å². The first-order valence-corrected chi connectivity index (χ1v) is 9.22. The summed E-state index contributed by atoms with van der Waals surface area (Å²) in [4.78, 5) is 17.7. The van der Waals surface area contributed by atoms with Crippen molar-refractivity contribution in [3.05, 3.63) is 58.6 Å². The molecule has 1 aliphatic heterocycles. The van der Waals surface area contributed by atoms with E-state index < -0.39 is 5.54 Å². The average molecular weight is 398 g/mol. The predicted octanol–water partition coefficient (Wildman–Crippen LogP) is 5.64. The van der Waals surface area contributed by atoms with E-state index in [1.807, 2.05) is 55.5 Å². The van der Waals surface area contributed by atoms with Crippen LogP contribution in [-0.2, 0) is 0 Å². The highest BCUT2D eigenvalue weighted by Gasteiger charge is 2.37.